The molecule has 20 heavy (non-hydrogen) atoms. The number of para-hydroxylation sites is 1. The molecule has 1 aliphatic rings. The predicted octanol–water partition coefficient (Wildman–Crippen LogP) is 2.02. The topological polar surface area (TPSA) is 73.4 Å². The maximum atomic E-state index is 12.5. The van der Waals surface area contributed by atoms with E-state index in [1.807, 2.05) is 31.2 Å². The van der Waals surface area contributed by atoms with Gasteiger partial charge < -0.3 is 15.0 Å². The Morgan fingerprint density at radius 2 is 2.05 bits per heavy atom. The van der Waals surface area contributed by atoms with Crippen molar-refractivity contribution in [2.24, 2.45) is 5.92 Å². The third-order valence-electron chi connectivity index (χ3n) is 3.82. The zero-order chi connectivity index (χ0) is 14.3. The Hall–Kier alpha value is -2.30. The van der Waals surface area contributed by atoms with Crippen molar-refractivity contribution in [3.8, 4) is 0 Å². The summed E-state index contributed by atoms with van der Waals surface area (Å²) in [4.78, 5) is 28.1. The first-order valence-electron chi connectivity index (χ1n) is 6.64. The molecule has 0 unspecified atom stereocenters. The van der Waals surface area contributed by atoms with Crippen LogP contribution >= 0.6 is 0 Å². The SMILES string of the molecule is Cc1[nH]c2ccccc2c1C(=O)N1CC(CC(=O)O)C1. The summed E-state index contributed by atoms with van der Waals surface area (Å²) in [6, 6.07) is 7.72. The normalized spacial score (nSPS) is 15.3. The highest BCUT2D eigenvalue weighted by molar-refractivity contribution is 6.08. The van der Waals surface area contributed by atoms with Crippen LogP contribution in [0.2, 0.25) is 0 Å². The average molecular weight is 272 g/mol. The molecule has 2 aromatic rings. The maximum absolute atomic E-state index is 12.5. The number of rotatable bonds is 3. The molecule has 104 valence electrons. The van der Waals surface area contributed by atoms with E-state index in [1.54, 1.807) is 4.90 Å². The second kappa shape index (κ2) is 4.67. The summed E-state index contributed by atoms with van der Waals surface area (Å²) in [7, 11) is 0. The third-order valence-corrected chi connectivity index (χ3v) is 3.82. The lowest BCUT2D eigenvalue weighted by molar-refractivity contribution is -0.139. The minimum atomic E-state index is -0.801. The van der Waals surface area contributed by atoms with E-state index in [-0.39, 0.29) is 18.2 Å². The van der Waals surface area contributed by atoms with Crippen LogP contribution in [0.4, 0.5) is 0 Å². The number of carbonyl (C=O) groups excluding carboxylic acids is 1. The Morgan fingerprint density at radius 1 is 1.35 bits per heavy atom. The molecule has 1 fully saturated rings. The number of aliphatic carboxylic acids is 1. The predicted molar refractivity (Wildman–Crippen MR) is 74.7 cm³/mol. The molecule has 5 heteroatoms. The molecule has 1 amide bonds. The standard InChI is InChI=1S/C15H16N2O3/c1-9-14(11-4-2-3-5-12(11)16-9)15(20)17-7-10(8-17)6-13(18)19/h2-5,10,16H,6-8H2,1H3,(H,18,19). The minimum absolute atomic E-state index is 0.0124. The number of carboxylic acids is 1. The van der Waals surface area contributed by atoms with Crippen molar-refractivity contribution in [2.45, 2.75) is 13.3 Å². The van der Waals surface area contributed by atoms with Gasteiger partial charge >= 0.3 is 5.97 Å². The number of nitrogens with one attached hydrogen (secondary N) is 1. The van der Waals surface area contributed by atoms with Crippen LogP contribution in [0.5, 0.6) is 0 Å². The number of likely N-dealkylation sites (tertiary alicyclic amines) is 1. The number of fused-ring (bicyclic) bond motifs is 1. The number of amides is 1. The van der Waals surface area contributed by atoms with Crippen molar-refractivity contribution in [3.63, 3.8) is 0 Å². The molecule has 0 atom stereocenters. The Labute approximate surface area is 116 Å². The van der Waals surface area contributed by atoms with Gasteiger partial charge in [-0.3, -0.25) is 9.59 Å². The van der Waals surface area contributed by atoms with Crippen molar-refractivity contribution < 1.29 is 14.7 Å². The van der Waals surface area contributed by atoms with Crippen LogP contribution in [0.3, 0.4) is 0 Å². The number of hydrogen-bond donors (Lipinski definition) is 2. The molecule has 1 aromatic carbocycles. The number of nitrogens with zero attached hydrogens (tertiary/aromatic N) is 1. The molecule has 0 saturated carbocycles. The largest absolute Gasteiger partial charge is 0.481 e. The minimum Gasteiger partial charge on any atom is -0.481 e. The van der Waals surface area contributed by atoms with Gasteiger partial charge in [0.1, 0.15) is 0 Å². The van der Waals surface area contributed by atoms with Crippen LogP contribution in [0.15, 0.2) is 24.3 Å². The molecule has 2 heterocycles. The zero-order valence-corrected chi connectivity index (χ0v) is 11.2. The lowest BCUT2D eigenvalue weighted by atomic mass is 9.95. The molecular formula is C15H16N2O3. The van der Waals surface area contributed by atoms with Crippen molar-refractivity contribution in [2.75, 3.05) is 13.1 Å². The number of hydrogen-bond acceptors (Lipinski definition) is 2. The number of aromatic nitrogens is 1. The molecule has 0 aliphatic carbocycles. The van der Waals surface area contributed by atoms with E-state index in [1.165, 1.54) is 0 Å². The molecule has 5 nitrogen and oxygen atoms in total. The Morgan fingerprint density at radius 3 is 2.75 bits per heavy atom. The Bertz CT molecular complexity index is 683. The van der Waals surface area contributed by atoms with Crippen LogP contribution in [-0.4, -0.2) is 40.0 Å². The van der Waals surface area contributed by atoms with Crippen molar-refractivity contribution in [1.82, 2.24) is 9.88 Å². The molecule has 2 N–H and O–H groups in total. The first-order chi connectivity index (χ1) is 9.56. The van der Waals surface area contributed by atoms with E-state index in [0.29, 0.717) is 18.7 Å². The highest BCUT2D eigenvalue weighted by Gasteiger charge is 2.34. The quantitative estimate of drug-likeness (QED) is 0.897. The second-order valence-corrected chi connectivity index (χ2v) is 5.34. The van der Waals surface area contributed by atoms with Crippen LogP contribution in [0, 0.1) is 12.8 Å². The van der Waals surface area contributed by atoms with E-state index in [4.69, 9.17) is 5.11 Å². The first kappa shape index (κ1) is 12.7. The van der Waals surface area contributed by atoms with Gasteiger partial charge in [0.2, 0.25) is 0 Å². The molecule has 1 saturated heterocycles. The number of aromatic amines is 1. The van der Waals surface area contributed by atoms with Gasteiger partial charge in [-0.2, -0.15) is 0 Å². The molecule has 0 bridgehead atoms. The summed E-state index contributed by atoms with van der Waals surface area (Å²) in [5.41, 5.74) is 2.52. The summed E-state index contributed by atoms with van der Waals surface area (Å²) in [6.07, 6.45) is 0.136. The van der Waals surface area contributed by atoms with E-state index in [0.717, 1.165) is 16.6 Å². The number of aryl methyl sites for hydroxylation is 1. The highest BCUT2D eigenvalue weighted by Crippen LogP contribution is 2.27. The van der Waals surface area contributed by atoms with Gasteiger partial charge in [0, 0.05) is 35.6 Å². The van der Waals surface area contributed by atoms with Crippen molar-refractivity contribution in [1.29, 1.82) is 0 Å². The first-order valence-corrected chi connectivity index (χ1v) is 6.64. The van der Waals surface area contributed by atoms with Crippen molar-refractivity contribution in [3.05, 3.63) is 35.5 Å². The fraction of sp³-hybridized carbons (Fsp3) is 0.333. The van der Waals surface area contributed by atoms with E-state index in [9.17, 15) is 9.59 Å². The second-order valence-electron chi connectivity index (χ2n) is 5.34. The monoisotopic (exact) mass is 272 g/mol. The number of benzene rings is 1. The third kappa shape index (κ3) is 2.05. The van der Waals surface area contributed by atoms with Crippen LogP contribution in [0.25, 0.3) is 10.9 Å². The van der Waals surface area contributed by atoms with Crippen LogP contribution in [0.1, 0.15) is 22.5 Å². The van der Waals surface area contributed by atoms with Gasteiger partial charge in [0.15, 0.2) is 0 Å². The van der Waals surface area contributed by atoms with Crippen LogP contribution in [-0.2, 0) is 4.79 Å². The lowest BCUT2D eigenvalue weighted by Gasteiger charge is -2.38. The lowest BCUT2D eigenvalue weighted by Crippen LogP contribution is -2.50. The fourth-order valence-electron chi connectivity index (χ4n) is 2.82. The molecule has 3 rings (SSSR count). The number of carboxylic acid groups (broad SMARTS) is 1. The van der Waals surface area contributed by atoms with Gasteiger partial charge in [-0.25, -0.2) is 0 Å². The highest BCUT2D eigenvalue weighted by atomic mass is 16.4. The molecule has 1 aromatic heterocycles. The summed E-state index contributed by atoms with van der Waals surface area (Å²) < 4.78 is 0. The van der Waals surface area contributed by atoms with Crippen molar-refractivity contribution >= 4 is 22.8 Å². The molecule has 0 spiro atoms. The van der Waals surface area contributed by atoms with Gasteiger partial charge in [-0.05, 0) is 13.0 Å². The summed E-state index contributed by atoms with van der Waals surface area (Å²) >= 11 is 0. The summed E-state index contributed by atoms with van der Waals surface area (Å²) in [5.74, 6) is -0.728. The average Bonchev–Trinajstić information content (AvgIpc) is 2.68. The molecule has 0 radical (unpaired) electrons. The fourth-order valence-corrected chi connectivity index (χ4v) is 2.82. The Balaban J connectivity index is 1.81. The van der Waals surface area contributed by atoms with E-state index >= 15 is 0 Å². The number of carbonyl (C=O) groups is 2. The summed E-state index contributed by atoms with van der Waals surface area (Å²) in [5, 5.41) is 9.66. The Kier molecular flexibility index (Phi) is 2.97. The summed E-state index contributed by atoms with van der Waals surface area (Å²) in [6.45, 7) is 2.95. The molecule has 1 aliphatic heterocycles. The zero-order valence-electron chi connectivity index (χ0n) is 11.2. The van der Waals surface area contributed by atoms with Gasteiger partial charge in [0.25, 0.3) is 5.91 Å². The van der Waals surface area contributed by atoms with Gasteiger partial charge in [-0.1, -0.05) is 18.2 Å². The number of H-pyrrole nitrogens is 1. The van der Waals surface area contributed by atoms with E-state index in [2.05, 4.69) is 4.98 Å². The van der Waals surface area contributed by atoms with E-state index < -0.39 is 5.97 Å². The maximum Gasteiger partial charge on any atom is 0.303 e. The molecular weight excluding hydrogens is 256 g/mol. The van der Waals surface area contributed by atoms with Gasteiger partial charge in [0.05, 0.1) is 12.0 Å². The smallest absolute Gasteiger partial charge is 0.303 e. The van der Waals surface area contributed by atoms with Gasteiger partial charge in [-0.15, -0.1) is 0 Å². The van der Waals surface area contributed by atoms with Crippen LogP contribution < -0.4 is 0 Å².